The minimum absolute atomic E-state index is 0.223. The first-order valence-corrected chi connectivity index (χ1v) is 12.2. The Kier molecular flexibility index (Phi) is 5.35. The van der Waals surface area contributed by atoms with E-state index in [2.05, 4.69) is 76.5 Å². The van der Waals surface area contributed by atoms with Gasteiger partial charge < -0.3 is 4.90 Å². The number of fused-ring (bicyclic) bond motifs is 4. The SMILES string of the molecule is O=C1c2ccccc2CN1C1CCN(CC=CCC2c3ccccc3-c3ccccc32)CC1. The summed E-state index contributed by atoms with van der Waals surface area (Å²) in [6, 6.07) is 26.1. The highest BCUT2D eigenvalue weighted by Gasteiger charge is 2.34. The molecule has 0 spiro atoms. The van der Waals surface area contributed by atoms with Gasteiger partial charge in [0, 0.05) is 43.7 Å². The molecule has 3 aliphatic rings. The third-order valence-electron chi connectivity index (χ3n) is 7.71. The summed E-state index contributed by atoms with van der Waals surface area (Å²) in [5.74, 6) is 0.684. The zero-order valence-corrected chi connectivity index (χ0v) is 19.0. The molecule has 0 N–H and O–H groups in total. The van der Waals surface area contributed by atoms with Crippen molar-refractivity contribution in [3.8, 4) is 11.1 Å². The fourth-order valence-corrected chi connectivity index (χ4v) is 5.96. The van der Waals surface area contributed by atoms with E-state index in [1.54, 1.807) is 0 Å². The number of rotatable bonds is 5. The molecule has 1 fully saturated rings. The van der Waals surface area contributed by atoms with Gasteiger partial charge in [0.2, 0.25) is 0 Å². The summed E-state index contributed by atoms with van der Waals surface area (Å²) >= 11 is 0. The number of hydrogen-bond acceptors (Lipinski definition) is 2. The molecule has 1 aliphatic carbocycles. The van der Waals surface area contributed by atoms with Gasteiger partial charge in [-0.15, -0.1) is 0 Å². The van der Waals surface area contributed by atoms with Crippen LogP contribution in [0.15, 0.2) is 84.9 Å². The largest absolute Gasteiger partial charge is 0.331 e. The van der Waals surface area contributed by atoms with Crippen LogP contribution in [0.5, 0.6) is 0 Å². The number of benzene rings is 3. The zero-order chi connectivity index (χ0) is 22.2. The Morgan fingerprint density at radius 1 is 0.758 bits per heavy atom. The standard InChI is InChI=1S/C30H30N2O/c33-30-24-10-2-1-9-22(24)21-32(30)23-16-19-31(20-17-23)18-8-7-15-29-27-13-5-3-11-25(27)26-12-4-6-14-28(26)29/h1-14,23,29H,15-21H2. The topological polar surface area (TPSA) is 23.6 Å². The van der Waals surface area contributed by atoms with Gasteiger partial charge in [-0.3, -0.25) is 9.69 Å². The van der Waals surface area contributed by atoms with Crippen LogP contribution in [0.2, 0.25) is 0 Å². The number of allylic oxidation sites excluding steroid dienone is 1. The van der Waals surface area contributed by atoms with Crippen LogP contribution in [-0.4, -0.2) is 41.4 Å². The molecule has 0 atom stereocenters. The maximum absolute atomic E-state index is 12.8. The van der Waals surface area contributed by atoms with E-state index in [1.165, 1.54) is 27.8 Å². The van der Waals surface area contributed by atoms with E-state index in [0.29, 0.717) is 12.0 Å². The van der Waals surface area contributed by atoms with Crippen molar-refractivity contribution in [2.75, 3.05) is 19.6 Å². The van der Waals surface area contributed by atoms with Crippen molar-refractivity contribution in [2.45, 2.75) is 37.8 Å². The molecule has 3 aromatic carbocycles. The molecule has 0 aromatic heterocycles. The van der Waals surface area contributed by atoms with E-state index in [0.717, 1.165) is 51.0 Å². The Balaban J connectivity index is 1.03. The van der Waals surface area contributed by atoms with Crippen molar-refractivity contribution in [2.24, 2.45) is 0 Å². The molecule has 3 heteroatoms. The highest BCUT2D eigenvalue weighted by molar-refractivity contribution is 5.98. The number of carbonyl (C=O) groups is 1. The van der Waals surface area contributed by atoms with Gasteiger partial charge in [0.15, 0.2) is 0 Å². The van der Waals surface area contributed by atoms with Crippen molar-refractivity contribution in [3.05, 3.63) is 107 Å². The van der Waals surface area contributed by atoms with Gasteiger partial charge in [0.25, 0.3) is 5.91 Å². The summed E-state index contributed by atoms with van der Waals surface area (Å²) in [6.07, 6.45) is 7.90. The molecule has 0 saturated carbocycles. The van der Waals surface area contributed by atoms with Gasteiger partial charge in [-0.2, -0.15) is 0 Å². The quantitative estimate of drug-likeness (QED) is 0.469. The number of likely N-dealkylation sites (tertiary alicyclic amines) is 1. The Morgan fingerprint density at radius 3 is 2.03 bits per heavy atom. The second kappa shape index (κ2) is 8.64. The van der Waals surface area contributed by atoms with Gasteiger partial charge in [0.05, 0.1) is 0 Å². The lowest BCUT2D eigenvalue weighted by Crippen LogP contribution is -2.45. The van der Waals surface area contributed by atoms with Crippen LogP contribution >= 0.6 is 0 Å². The molecule has 0 bridgehead atoms. The molecule has 2 heterocycles. The highest BCUT2D eigenvalue weighted by atomic mass is 16.2. The molecular formula is C30H30N2O. The molecule has 3 nitrogen and oxygen atoms in total. The molecule has 3 aromatic rings. The minimum Gasteiger partial charge on any atom is -0.331 e. The first kappa shape index (κ1) is 20.4. The number of hydrogen-bond donors (Lipinski definition) is 0. The molecule has 1 saturated heterocycles. The Bertz CT molecular complexity index is 1160. The van der Waals surface area contributed by atoms with Crippen molar-refractivity contribution in [1.29, 1.82) is 0 Å². The predicted octanol–water partition coefficient (Wildman–Crippen LogP) is 5.87. The molecule has 1 amide bonds. The number of nitrogens with zero attached hydrogens (tertiary/aromatic N) is 2. The molecule has 2 aliphatic heterocycles. The van der Waals surface area contributed by atoms with Crippen LogP contribution in [0.4, 0.5) is 0 Å². The average Bonchev–Trinajstić information content (AvgIpc) is 3.38. The molecular weight excluding hydrogens is 404 g/mol. The third-order valence-corrected chi connectivity index (χ3v) is 7.71. The lowest BCUT2D eigenvalue weighted by molar-refractivity contribution is 0.0607. The normalized spacial score (nSPS) is 18.7. The zero-order valence-electron chi connectivity index (χ0n) is 19.0. The smallest absolute Gasteiger partial charge is 0.254 e. The van der Waals surface area contributed by atoms with Crippen LogP contribution in [0.25, 0.3) is 11.1 Å². The summed E-state index contributed by atoms with van der Waals surface area (Å²) in [5, 5.41) is 0. The van der Waals surface area contributed by atoms with E-state index in [-0.39, 0.29) is 5.91 Å². The lowest BCUT2D eigenvalue weighted by Gasteiger charge is -2.36. The number of piperidine rings is 1. The fraction of sp³-hybridized carbons (Fsp3) is 0.300. The fourth-order valence-electron chi connectivity index (χ4n) is 5.96. The summed E-state index contributed by atoms with van der Waals surface area (Å²) in [5.41, 5.74) is 7.79. The van der Waals surface area contributed by atoms with Crippen LogP contribution in [-0.2, 0) is 6.54 Å². The first-order valence-electron chi connectivity index (χ1n) is 12.2. The number of carbonyl (C=O) groups excluding carboxylic acids is 1. The van der Waals surface area contributed by atoms with Crippen molar-refractivity contribution >= 4 is 5.91 Å². The van der Waals surface area contributed by atoms with Crippen molar-refractivity contribution in [3.63, 3.8) is 0 Å². The Morgan fingerprint density at radius 2 is 1.36 bits per heavy atom. The summed E-state index contributed by atoms with van der Waals surface area (Å²) < 4.78 is 0. The van der Waals surface area contributed by atoms with Crippen molar-refractivity contribution < 1.29 is 4.79 Å². The van der Waals surface area contributed by atoms with Gasteiger partial charge in [-0.25, -0.2) is 0 Å². The second-order valence-electron chi connectivity index (χ2n) is 9.56. The third kappa shape index (κ3) is 3.71. The van der Waals surface area contributed by atoms with E-state index in [4.69, 9.17) is 0 Å². The van der Waals surface area contributed by atoms with Gasteiger partial charge in [0.1, 0.15) is 0 Å². The maximum Gasteiger partial charge on any atom is 0.254 e. The van der Waals surface area contributed by atoms with Gasteiger partial charge in [-0.1, -0.05) is 78.9 Å². The van der Waals surface area contributed by atoms with Crippen LogP contribution in [0.3, 0.4) is 0 Å². The summed E-state index contributed by atoms with van der Waals surface area (Å²) in [4.78, 5) is 17.4. The van der Waals surface area contributed by atoms with Crippen LogP contribution in [0, 0.1) is 0 Å². The van der Waals surface area contributed by atoms with Gasteiger partial charge >= 0.3 is 0 Å². The second-order valence-corrected chi connectivity index (χ2v) is 9.56. The Labute approximate surface area is 196 Å². The van der Waals surface area contributed by atoms with E-state index < -0.39 is 0 Å². The molecule has 0 unspecified atom stereocenters. The molecule has 0 radical (unpaired) electrons. The Hall–Kier alpha value is -3.17. The average molecular weight is 435 g/mol. The molecule has 33 heavy (non-hydrogen) atoms. The molecule has 6 rings (SSSR count). The minimum atomic E-state index is 0.223. The van der Waals surface area contributed by atoms with E-state index in [1.807, 2.05) is 18.2 Å². The summed E-state index contributed by atoms with van der Waals surface area (Å²) in [6.45, 7) is 3.90. The summed E-state index contributed by atoms with van der Waals surface area (Å²) in [7, 11) is 0. The van der Waals surface area contributed by atoms with E-state index in [9.17, 15) is 4.79 Å². The molecule has 166 valence electrons. The monoisotopic (exact) mass is 434 g/mol. The first-order chi connectivity index (χ1) is 16.3. The lowest BCUT2D eigenvalue weighted by atomic mass is 9.93. The van der Waals surface area contributed by atoms with E-state index >= 15 is 0 Å². The van der Waals surface area contributed by atoms with Crippen molar-refractivity contribution in [1.82, 2.24) is 9.80 Å². The highest BCUT2D eigenvalue weighted by Crippen LogP contribution is 2.46. The number of amides is 1. The van der Waals surface area contributed by atoms with Crippen LogP contribution in [0.1, 0.15) is 52.2 Å². The van der Waals surface area contributed by atoms with Crippen LogP contribution < -0.4 is 0 Å². The van der Waals surface area contributed by atoms with Gasteiger partial charge in [-0.05, 0) is 53.1 Å². The predicted molar refractivity (Wildman–Crippen MR) is 133 cm³/mol. The maximum atomic E-state index is 12.8.